The normalized spacial score (nSPS) is 14.2. The zero-order chi connectivity index (χ0) is 12.0. The van der Waals surface area contributed by atoms with Crippen LogP contribution in [0.2, 0.25) is 0 Å². The van der Waals surface area contributed by atoms with Gasteiger partial charge in [-0.3, -0.25) is 4.79 Å². The minimum Gasteiger partial charge on any atom is -0.454 e. The number of esters is 1. The van der Waals surface area contributed by atoms with Gasteiger partial charge in [-0.25, -0.2) is 0 Å². The molecule has 3 heteroatoms. The monoisotopic (exact) mass is 238 g/mol. The highest BCUT2D eigenvalue weighted by atomic mass is 32.1. The van der Waals surface area contributed by atoms with Crippen LogP contribution in [0.5, 0.6) is 0 Å². The average molecular weight is 238 g/mol. The minimum atomic E-state index is -0.526. The van der Waals surface area contributed by atoms with Crippen molar-refractivity contribution in [3.8, 4) is 0 Å². The van der Waals surface area contributed by atoms with Crippen molar-refractivity contribution in [3.05, 3.63) is 35.9 Å². The summed E-state index contributed by atoms with van der Waals surface area (Å²) in [5.74, 6) is 0.330. The molecule has 0 N–H and O–H groups in total. The van der Waals surface area contributed by atoms with E-state index >= 15 is 0 Å². The number of carbonyl (C=O) groups excluding carboxylic acids is 1. The summed E-state index contributed by atoms with van der Waals surface area (Å²) in [7, 11) is 0. The molecule has 1 aromatic rings. The molecule has 1 aromatic carbocycles. The first-order chi connectivity index (χ1) is 7.62. The number of hydrogen-bond acceptors (Lipinski definition) is 3. The van der Waals surface area contributed by atoms with Gasteiger partial charge in [-0.15, -0.1) is 0 Å². The van der Waals surface area contributed by atoms with Crippen LogP contribution >= 0.6 is 12.6 Å². The zero-order valence-electron chi connectivity index (χ0n) is 9.77. The lowest BCUT2D eigenvalue weighted by atomic mass is 9.93. The van der Waals surface area contributed by atoms with E-state index in [9.17, 15) is 4.79 Å². The van der Waals surface area contributed by atoms with Crippen LogP contribution < -0.4 is 0 Å². The molecule has 0 saturated carbocycles. The number of ether oxygens (including phenoxy) is 1. The van der Waals surface area contributed by atoms with Gasteiger partial charge in [0.25, 0.3) is 0 Å². The van der Waals surface area contributed by atoms with E-state index in [2.05, 4.69) is 12.6 Å². The highest BCUT2D eigenvalue weighted by Gasteiger charge is 2.28. The largest absolute Gasteiger partial charge is 0.454 e. The highest BCUT2D eigenvalue weighted by Crippen LogP contribution is 2.29. The van der Waals surface area contributed by atoms with E-state index in [0.717, 1.165) is 12.0 Å². The molecule has 0 radical (unpaired) electrons. The molecule has 0 bridgehead atoms. The van der Waals surface area contributed by atoms with Crippen molar-refractivity contribution in [1.29, 1.82) is 0 Å². The van der Waals surface area contributed by atoms with Gasteiger partial charge in [0.05, 0.1) is 6.42 Å². The molecule has 0 aliphatic heterocycles. The third kappa shape index (κ3) is 3.27. The van der Waals surface area contributed by atoms with E-state index in [0.29, 0.717) is 12.2 Å². The van der Waals surface area contributed by atoms with E-state index in [-0.39, 0.29) is 5.97 Å². The summed E-state index contributed by atoms with van der Waals surface area (Å²) in [6.07, 6.45) is 1.11. The maximum absolute atomic E-state index is 11.5. The molecule has 2 nitrogen and oxygen atoms in total. The van der Waals surface area contributed by atoms with Gasteiger partial charge >= 0.3 is 5.97 Å². The van der Waals surface area contributed by atoms with E-state index < -0.39 is 5.60 Å². The summed E-state index contributed by atoms with van der Waals surface area (Å²) in [6.45, 7) is 3.96. The Kier molecular flexibility index (Phi) is 4.87. The number of rotatable bonds is 5. The van der Waals surface area contributed by atoms with Crippen molar-refractivity contribution in [2.24, 2.45) is 0 Å². The fourth-order valence-corrected chi connectivity index (χ4v) is 1.70. The second-order valence-corrected chi connectivity index (χ2v) is 4.35. The Balaban J connectivity index is 2.82. The Morgan fingerprint density at radius 1 is 1.38 bits per heavy atom. The molecule has 88 valence electrons. The molecule has 0 heterocycles. The average Bonchev–Trinajstić information content (AvgIpc) is 2.30. The number of carbonyl (C=O) groups is 1. The predicted octanol–water partition coefficient (Wildman–Crippen LogP) is 3.17. The van der Waals surface area contributed by atoms with E-state index in [1.807, 2.05) is 44.2 Å². The van der Waals surface area contributed by atoms with Gasteiger partial charge in [0.15, 0.2) is 0 Å². The quantitative estimate of drug-likeness (QED) is 0.630. The van der Waals surface area contributed by atoms with Gasteiger partial charge in [0.2, 0.25) is 0 Å². The number of hydrogen-bond donors (Lipinski definition) is 1. The summed E-state index contributed by atoms with van der Waals surface area (Å²) in [5.41, 5.74) is 0.506. The Morgan fingerprint density at radius 3 is 2.50 bits per heavy atom. The predicted molar refractivity (Wildman–Crippen MR) is 68.6 cm³/mol. The molecule has 1 atom stereocenters. The maximum Gasteiger partial charge on any atom is 0.307 e. The van der Waals surface area contributed by atoms with Crippen molar-refractivity contribution in [2.75, 3.05) is 5.75 Å². The summed E-state index contributed by atoms with van der Waals surface area (Å²) < 4.78 is 5.53. The Hall–Kier alpha value is -0.960. The Bertz CT molecular complexity index is 337. The van der Waals surface area contributed by atoms with Gasteiger partial charge in [-0.1, -0.05) is 37.3 Å². The van der Waals surface area contributed by atoms with Crippen LogP contribution in [0.25, 0.3) is 0 Å². The molecule has 0 fully saturated rings. The van der Waals surface area contributed by atoms with Crippen molar-refractivity contribution < 1.29 is 9.53 Å². The van der Waals surface area contributed by atoms with Crippen LogP contribution in [0.3, 0.4) is 0 Å². The molecule has 0 aromatic heterocycles. The Morgan fingerprint density at radius 2 is 2.00 bits per heavy atom. The zero-order valence-corrected chi connectivity index (χ0v) is 10.7. The minimum absolute atomic E-state index is 0.191. The molecule has 0 spiro atoms. The lowest BCUT2D eigenvalue weighted by molar-refractivity contribution is -0.159. The van der Waals surface area contributed by atoms with Gasteiger partial charge in [-0.05, 0) is 18.9 Å². The fraction of sp³-hybridized carbons (Fsp3) is 0.462. The van der Waals surface area contributed by atoms with E-state index in [1.54, 1.807) is 0 Å². The van der Waals surface area contributed by atoms with E-state index in [4.69, 9.17) is 4.74 Å². The second kappa shape index (κ2) is 5.94. The highest BCUT2D eigenvalue weighted by molar-refractivity contribution is 7.80. The molecule has 0 saturated heterocycles. The SMILES string of the molecule is CCC(C)(OC(=O)CCS)c1ccccc1. The van der Waals surface area contributed by atoms with Crippen molar-refractivity contribution >= 4 is 18.6 Å². The van der Waals surface area contributed by atoms with Crippen molar-refractivity contribution in [3.63, 3.8) is 0 Å². The van der Waals surface area contributed by atoms with Gasteiger partial charge in [0, 0.05) is 5.75 Å². The molecule has 0 amide bonds. The van der Waals surface area contributed by atoms with Gasteiger partial charge < -0.3 is 4.74 Å². The van der Waals surface area contributed by atoms with Gasteiger partial charge in [-0.2, -0.15) is 12.6 Å². The van der Waals surface area contributed by atoms with E-state index in [1.165, 1.54) is 0 Å². The third-order valence-corrected chi connectivity index (χ3v) is 2.94. The number of benzene rings is 1. The summed E-state index contributed by atoms with van der Waals surface area (Å²) in [5, 5.41) is 0. The fourth-order valence-electron chi connectivity index (χ4n) is 1.52. The third-order valence-electron chi connectivity index (χ3n) is 2.71. The van der Waals surface area contributed by atoms with Crippen LogP contribution in [0, 0.1) is 0 Å². The summed E-state index contributed by atoms with van der Waals surface area (Å²) >= 11 is 4.03. The Labute approximate surface area is 102 Å². The van der Waals surface area contributed by atoms with Crippen LogP contribution in [0.1, 0.15) is 32.3 Å². The van der Waals surface area contributed by atoms with Crippen LogP contribution in [0.4, 0.5) is 0 Å². The van der Waals surface area contributed by atoms with Crippen molar-refractivity contribution in [2.45, 2.75) is 32.3 Å². The summed E-state index contributed by atoms with van der Waals surface area (Å²) in [4.78, 5) is 11.5. The molecule has 0 aliphatic carbocycles. The van der Waals surface area contributed by atoms with Crippen LogP contribution in [0.15, 0.2) is 30.3 Å². The molecular formula is C13H18O2S. The first-order valence-electron chi connectivity index (χ1n) is 5.50. The van der Waals surface area contributed by atoms with Gasteiger partial charge in [0.1, 0.15) is 5.60 Å². The summed E-state index contributed by atoms with van der Waals surface area (Å²) in [6, 6.07) is 9.83. The van der Waals surface area contributed by atoms with Crippen molar-refractivity contribution in [1.82, 2.24) is 0 Å². The molecule has 1 rings (SSSR count). The second-order valence-electron chi connectivity index (χ2n) is 3.90. The topological polar surface area (TPSA) is 26.3 Å². The lowest BCUT2D eigenvalue weighted by Gasteiger charge is -2.28. The maximum atomic E-state index is 11.5. The molecule has 0 aliphatic rings. The standard InChI is InChI=1S/C13H18O2S/c1-3-13(2,15-12(14)9-10-16)11-7-5-4-6-8-11/h4-8,16H,3,9-10H2,1-2H3. The van der Waals surface area contributed by atoms with Crippen LogP contribution in [-0.2, 0) is 15.1 Å². The molecule has 1 unspecified atom stereocenters. The lowest BCUT2D eigenvalue weighted by Crippen LogP contribution is -2.28. The van der Waals surface area contributed by atoms with Crippen LogP contribution in [-0.4, -0.2) is 11.7 Å². The first kappa shape index (κ1) is 13.1. The molecule has 16 heavy (non-hydrogen) atoms. The smallest absolute Gasteiger partial charge is 0.307 e. The molecular weight excluding hydrogens is 220 g/mol. The first-order valence-corrected chi connectivity index (χ1v) is 6.14. The number of thiol groups is 1.